The molecule has 0 saturated heterocycles. The fourth-order valence-electron chi connectivity index (χ4n) is 1.65. The van der Waals surface area contributed by atoms with E-state index in [0.29, 0.717) is 12.2 Å². The highest BCUT2D eigenvalue weighted by Crippen LogP contribution is 2.13. The van der Waals surface area contributed by atoms with E-state index in [1.807, 2.05) is 6.07 Å². The van der Waals surface area contributed by atoms with Gasteiger partial charge in [0.2, 0.25) is 0 Å². The van der Waals surface area contributed by atoms with E-state index in [2.05, 4.69) is 0 Å². The summed E-state index contributed by atoms with van der Waals surface area (Å²) in [7, 11) is 0. The van der Waals surface area contributed by atoms with E-state index in [1.165, 1.54) is 12.1 Å². The summed E-state index contributed by atoms with van der Waals surface area (Å²) in [5.41, 5.74) is 0.872. The average Bonchev–Trinajstić information content (AvgIpc) is 2.49. The van der Waals surface area contributed by atoms with E-state index in [4.69, 9.17) is 9.47 Å². The first kappa shape index (κ1) is 14.5. The fraction of sp³-hybridized carbons (Fsp3) is 0.133. The molecule has 0 bridgehead atoms. The molecule has 2 aromatic carbocycles. The van der Waals surface area contributed by atoms with Crippen molar-refractivity contribution in [3.8, 4) is 5.75 Å². The minimum absolute atomic E-state index is 0.0307. The summed E-state index contributed by atoms with van der Waals surface area (Å²) in [6, 6.07) is 14.7. The Balaban J connectivity index is 1.76. The zero-order valence-corrected chi connectivity index (χ0v) is 11.1. The van der Waals surface area contributed by atoms with E-state index < -0.39 is 11.1 Å². The highest BCUT2D eigenvalue weighted by atomic mass is 16.7. The summed E-state index contributed by atoms with van der Waals surface area (Å²) in [6.07, 6.45) is -0.315. The highest BCUT2D eigenvalue weighted by molar-refractivity contribution is 5.63. The van der Waals surface area contributed by atoms with Crippen molar-refractivity contribution in [2.75, 3.05) is 6.61 Å². The van der Waals surface area contributed by atoms with Gasteiger partial charge in [0, 0.05) is 18.6 Å². The minimum atomic E-state index is -0.775. The van der Waals surface area contributed by atoms with Crippen LogP contribution >= 0.6 is 0 Å². The monoisotopic (exact) mass is 287 g/mol. The molecule has 6 nitrogen and oxygen atoms in total. The van der Waals surface area contributed by atoms with Gasteiger partial charge in [0.05, 0.1) is 11.5 Å². The van der Waals surface area contributed by atoms with Crippen molar-refractivity contribution in [1.29, 1.82) is 0 Å². The number of nitro benzene ring substituents is 1. The number of carbonyl (C=O) groups excluding carboxylic acids is 1. The first-order chi connectivity index (χ1) is 10.1. The summed E-state index contributed by atoms with van der Waals surface area (Å²) < 4.78 is 9.88. The van der Waals surface area contributed by atoms with E-state index in [9.17, 15) is 14.9 Å². The van der Waals surface area contributed by atoms with E-state index >= 15 is 0 Å². The molecule has 2 rings (SSSR count). The van der Waals surface area contributed by atoms with Crippen LogP contribution in [0.15, 0.2) is 54.6 Å². The SMILES string of the molecule is O=C(OCCc1ccc([N+](=O)[O-])cc1)Oc1ccccc1. The third-order valence-electron chi connectivity index (χ3n) is 2.70. The van der Waals surface area contributed by atoms with Gasteiger partial charge in [-0.2, -0.15) is 0 Å². The molecule has 0 fully saturated rings. The topological polar surface area (TPSA) is 78.7 Å². The number of hydrogen-bond donors (Lipinski definition) is 0. The number of benzene rings is 2. The molecule has 0 heterocycles. The van der Waals surface area contributed by atoms with Gasteiger partial charge in [-0.3, -0.25) is 10.1 Å². The summed E-state index contributed by atoms with van der Waals surface area (Å²) in [4.78, 5) is 21.5. The molecule has 6 heteroatoms. The van der Waals surface area contributed by atoms with Gasteiger partial charge in [-0.1, -0.05) is 30.3 Å². The van der Waals surface area contributed by atoms with Crippen LogP contribution in [0.1, 0.15) is 5.56 Å². The van der Waals surface area contributed by atoms with Crippen LogP contribution in [-0.2, 0) is 11.2 Å². The van der Waals surface area contributed by atoms with Gasteiger partial charge in [0.1, 0.15) is 5.75 Å². The maximum absolute atomic E-state index is 11.4. The number of hydrogen-bond acceptors (Lipinski definition) is 5. The molecule has 0 aliphatic carbocycles. The maximum atomic E-state index is 11.4. The first-order valence-electron chi connectivity index (χ1n) is 6.28. The minimum Gasteiger partial charge on any atom is -0.434 e. The smallest absolute Gasteiger partial charge is 0.434 e. The van der Waals surface area contributed by atoms with Crippen LogP contribution in [0, 0.1) is 10.1 Å². The van der Waals surface area contributed by atoms with Crippen LogP contribution in [0.2, 0.25) is 0 Å². The Hall–Kier alpha value is -2.89. The molecular weight excluding hydrogens is 274 g/mol. The molecule has 0 aliphatic heterocycles. The lowest BCUT2D eigenvalue weighted by Gasteiger charge is -2.05. The largest absolute Gasteiger partial charge is 0.513 e. The molecule has 21 heavy (non-hydrogen) atoms. The predicted molar refractivity (Wildman–Crippen MR) is 75.2 cm³/mol. The third-order valence-corrected chi connectivity index (χ3v) is 2.70. The Morgan fingerprint density at radius 3 is 2.33 bits per heavy atom. The quantitative estimate of drug-likeness (QED) is 0.364. The predicted octanol–water partition coefficient (Wildman–Crippen LogP) is 3.35. The summed E-state index contributed by atoms with van der Waals surface area (Å²) in [5, 5.41) is 10.5. The number of nitrogens with zero attached hydrogens (tertiary/aromatic N) is 1. The number of para-hydroxylation sites is 1. The lowest BCUT2D eigenvalue weighted by atomic mass is 10.1. The normalized spacial score (nSPS) is 9.90. The molecule has 0 amide bonds. The Morgan fingerprint density at radius 2 is 1.71 bits per heavy atom. The van der Waals surface area contributed by atoms with Gasteiger partial charge in [0.15, 0.2) is 0 Å². The molecule has 0 radical (unpaired) electrons. The highest BCUT2D eigenvalue weighted by Gasteiger charge is 2.07. The van der Waals surface area contributed by atoms with E-state index in [-0.39, 0.29) is 12.3 Å². The Morgan fingerprint density at radius 1 is 1.05 bits per heavy atom. The van der Waals surface area contributed by atoms with Gasteiger partial charge in [0.25, 0.3) is 5.69 Å². The Bertz CT molecular complexity index is 610. The summed E-state index contributed by atoms with van der Waals surface area (Å²) in [5.74, 6) is 0.415. The summed E-state index contributed by atoms with van der Waals surface area (Å²) >= 11 is 0. The van der Waals surface area contributed by atoms with Crippen molar-refractivity contribution in [3.63, 3.8) is 0 Å². The summed E-state index contributed by atoms with van der Waals surface area (Å²) in [6.45, 7) is 0.142. The van der Waals surface area contributed by atoms with Crippen LogP contribution in [0.25, 0.3) is 0 Å². The zero-order chi connectivity index (χ0) is 15.1. The first-order valence-corrected chi connectivity index (χ1v) is 6.28. The molecule has 0 N–H and O–H groups in total. The van der Waals surface area contributed by atoms with E-state index in [0.717, 1.165) is 5.56 Å². The van der Waals surface area contributed by atoms with Crippen LogP contribution in [0.3, 0.4) is 0 Å². The molecule has 0 aliphatic rings. The molecule has 0 unspecified atom stereocenters. The molecule has 0 aromatic heterocycles. The number of nitro groups is 1. The van der Waals surface area contributed by atoms with Crippen LogP contribution in [-0.4, -0.2) is 17.7 Å². The van der Waals surface area contributed by atoms with Gasteiger partial charge < -0.3 is 9.47 Å². The Kier molecular flexibility index (Phi) is 4.87. The van der Waals surface area contributed by atoms with Gasteiger partial charge in [-0.05, 0) is 17.7 Å². The second-order valence-corrected chi connectivity index (χ2v) is 4.19. The van der Waals surface area contributed by atoms with Crippen molar-refractivity contribution in [3.05, 3.63) is 70.3 Å². The van der Waals surface area contributed by atoms with Gasteiger partial charge in [-0.25, -0.2) is 4.79 Å². The van der Waals surface area contributed by atoms with Crippen molar-refractivity contribution < 1.29 is 19.2 Å². The van der Waals surface area contributed by atoms with E-state index in [1.54, 1.807) is 36.4 Å². The maximum Gasteiger partial charge on any atom is 0.513 e. The Labute approximate surface area is 121 Å². The van der Waals surface area contributed by atoms with Crippen LogP contribution < -0.4 is 4.74 Å². The fourth-order valence-corrected chi connectivity index (χ4v) is 1.65. The van der Waals surface area contributed by atoms with Gasteiger partial charge in [-0.15, -0.1) is 0 Å². The molecule has 2 aromatic rings. The lowest BCUT2D eigenvalue weighted by molar-refractivity contribution is -0.384. The molecule has 108 valence electrons. The number of ether oxygens (including phenoxy) is 2. The van der Waals surface area contributed by atoms with Gasteiger partial charge >= 0.3 is 6.16 Å². The van der Waals surface area contributed by atoms with Crippen LogP contribution in [0.4, 0.5) is 10.5 Å². The molecule has 0 saturated carbocycles. The van der Waals surface area contributed by atoms with Crippen molar-refractivity contribution in [2.24, 2.45) is 0 Å². The third kappa shape index (κ3) is 4.61. The second kappa shape index (κ2) is 7.04. The van der Waals surface area contributed by atoms with Crippen molar-refractivity contribution in [2.45, 2.75) is 6.42 Å². The number of carbonyl (C=O) groups is 1. The number of non-ortho nitro benzene ring substituents is 1. The number of rotatable bonds is 5. The molecule has 0 atom stereocenters. The molecular formula is C15H13NO5. The standard InChI is InChI=1S/C15H13NO5/c17-15(21-14-4-2-1-3-5-14)20-11-10-12-6-8-13(9-7-12)16(18)19/h1-9H,10-11H2. The van der Waals surface area contributed by atoms with Crippen molar-refractivity contribution >= 4 is 11.8 Å². The van der Waals surface area contributed by atoms with Crippen molar-refractivity contribution in [1.82, 2.24) is 0 Å². The van der Waals surface area contributed by atoms with Crippen LogP contribution in [0.5, 0.6) is 5.75 Å². The zero-order valence-electron chi connectivity index (χ0n) is 11.1. The molecule has 0 spiro atoms. The lowest BCUT2D eigenvalue weighted by Crippen LogP contribution is -2.12. The second-order valence-electron chi connectivity index (χ2n) is 4.19. The average molecular weight is 287 g/mol.